The van der Waals surface area contributed by atoms with E-state index in [9.17, 15) is 14.0 Å². The van der Waals surface area contributed by atoms with Crippen molar-refractivity contribution in [1.29, 1.82) is 0 Å². The number of amides is 2. The predicted octanol–water partition coefficient (Wildman–Crippen LogP) is 1.69. The van der Waals surface area contributed by atoms with E-state index in [0.717, 1.165) is 5.56 Å². The Hall–Kier alpha value is -2.70. The number of benzene rings is 1. The lowest BCUT2D eigenvalue weighted by Gasteiger charge is -2.18. The fourth-order valence-corrected chi connectivity index (χ4v) is 2.06. The second-order valence-corrected chi connectivity index (χ2v) is 4.48. The molecule has 102 valence electrons. The molecule has 0 saturated heterocycles. The highest BCUT2D eigenvalue weighted by Crippen LogP contribution is 2.28. The summed E-state index contributed by atoms with van der Waals surface area (Å²) in [6.45, 7) is 0. The second kappa shape index (κ2) is 4.76. The van der Waals surface area contributed by atoms with Crippen LogP contribution in [0, 0.1) is 5.82 Å². The van der Waals surface area contributed by atoms with E-state index in [-0.39, 0.29) is 11.6 Å². The Bertz CT molecular complexity index is 682. The lowest BCUT2D eigenvalue weighted by molar-refractivity contribution is -0.116. The third kappa shape index (κ3) is 2.25. The van der Waals surface area contributed by atoms with Gasteiger partial charge >= 0.3 is 0 Å². The van der Waals surface area contributed by atoms with Gasteiger partial charge in [-0.2, -0.15) is 5.10 Å². The van der Waals surface area contributed by atoms with Crippen molar-refractivity contribution >= 4 is 23.2 Å². The van der Waals surface area contributed by atoms with E-state index in [1.807, 2.05) is 0 Å². The number of H-pyrrole nitrogens is 1. The standard InChI is InChI=1S/C13H11FN4O2/c14-9-3-7-1-2-12(19)17-10(7)4-11(9)18-13(20)8-5-15-16-6-8/h3-6H,1-2H2,(H,15,16)(H,17,19)(H,18,20). The van der Waals surface area contributed by atoms with Crippen LogP contribution in [0.3, 0.4) is 0 Å². The van der Waals surface area contributed by atoms with Gasteiger partial charge in [0.25, 0.3) is 5.91 Å². The van der Waals surface area contributed by atoms with Gasteiger partial charge in [-0.1, -0.05) is 0 Å². The largest absolute Gasteiger partial charge is 0.326 e. The number of carbonyl (C=O) groups is 2. The van der Waals surface area contributed by atoms with Crippen LogP contribution in [0.1, 0.15) is 22.3 Å². The molecule has 3 rings (SSSR count). The van der Waals surface area contributed by atoms with Crippen LogP contribution in [-0.4, -0.2) is 22.0 Å². The summed E-state index contributed by atoms with van der Waals surface area (Å²) in [5.74, 6) is -1.12. The zero-order valence-corrected chi connectivity index (χ0v) is 10.4. The van der Waals surface area contributed by atoms with Crippen molar-refractivity contribution in [1.82, 2.24) is 10.2 Å². The number of anilines is 2. The average Bonchev–Trinajstić information content (AvgIpc) is 2.94. The number of nitrogens with zero attached hydrogens (tertiary/aromatic N) is 1. The van der Waals surface area contributed by atoms with Gasteiger partial charge < -0.3 is 10.6 Å². The van der Waals surface area contributed by atoms with Gasteiger partial charge in [0.05, 0.1) is 17.4 Å². The van der Waals surface area contributed by atoms with Gasteiger partial charge in [0.1, 0.15) is 5.82 Å². The summed E-state index contributed by atoms with van der Waals surface area (Å²) in [6.07, 6.45) is 3.59. The van der Waals surface area contributed by atoms with Crippen LogP contribution in [0.15, 0.2) is 24.5 Å². The quantitative estimate of drug-likeness (QED) is 0.778. The highest BCUT2D eigenvalue weighted by molar-refractivity contribution is 6.04. The number of nitrogens with one attached hydrogen (secondary N) is 3. The van der Waals surface area contributed by atoms with Crippen LogP contribution in [0.4, 0.5) is 15.8 Å². The fourth-order valence-electron chi connectivity index (χ4n) is 2.06. The van der Waals surface area contributed by atoms with Crippen molar-refractivity contribution in [3.8, 4) is 0 Å². The zero-order valence-electron chi connectivity index (χ0n) is 10.4. The monoisotopic (exact) mass is 274 g/mol. The summed E-state index contributed by atoms with van der Waals surface area (Å²) < 4.78 is 13.9. The van der Waals surface area contributed by atoms with Crippen LogP contribution in [0.2, 0.25) is 0 Å². The van der Waals surface area contributed by atoms with Gasteiger partial charge in [-0.3, -0.25) is 14.7 Å². The van der Waals surface area contributed by atoms with Crippen molar-refractivity contribution in [2.75, 3.05) is 10.6 Å². The summed E-state index contributed by atoms with van der Waals surface area (Å²) in [5, 5.41) is 11.3. The van der Waals surface area contributed by atoms with E-state index in [2.05, 4.69) is 20.8 Å². The highest BCUT2D eigenvalue weighted by Gasteiger charge is 2.19. The number of aromatic amines is 1. The van der Waals surface area contributed by atoms with E-state index in [1.165, 1.54) is 24.5 Å². The van der Waals surface area contributed by atoms with Crippen molar-refractivity contribution in [3.05, 3.63) is 41.5 Å². The van der Waals surface area contributed by atoms with Crippen molar-refractivity contribution in [2.24, 2.45) is 0 Å². The SMILES string of the molecule is O=C1CCc2cc(F)c(NC(=O)c3cn[nH]c3)cc2N1. The molecule has 3 N–H and O–H groups in total. The molecule has 20 heavy (non-hydrogen) atoms. The number of rotatable bonds is 2. The third-order valence-corrected chi connectivity index (χ3v) is 3.10. The minimum atomic E-state index is -0.531. The Morgan fingerprint density at radius 3 is 2.95 bits per heavy atom. The minimum absolute atomic E-state index is 0.0251. The number of fused-ring (bicyclic) bond motifs is 1. The lowest BCUT2D eigenvalue weighted by atomic mass is 10.0. The van der Waals surface area contributed by atoms with Crippen LogP contribution < -0.4 is 10.6 Å². The number of hydrogen-bond acceptors (Lipinski definition) is 3. The van der Waals surface area contributed by atoms with Gasteiger partial charge in [-0.05, 0) is 24.1 Å². The number of aryl methyl sites for hydroxylation is 1. The summed E-state index contributed by atoms with van der Waals surface area (Å²) in [6, 6.07) is 2.76. The molecule has 2 heterocycles. The van der Waals surface area contributed by atoms with Gasteiger partial charge in [0, 0.05) is 18.3 Å². The van der Waals surface area contributed by atoms with Crippen molar-refractivity contribution in [3.63, 3.8) is 0 Å². The predicted molar refractivity (Wildman–Crippen MR) is 69.9 cm³/mol. The summed E-state index contributed by atoms with van der Waals surface area (Å²) in [4.78, 5) is 23.2. The highest BCUT2D eigenvalue weighted by atomic mass is 19.1. The Morgan fingerprint density at radius 2 is 2.20 bits per heavy atom. The minimum Gasteiger partial charge on any atom is -0.326 e. The Labute approximate surface area is 113 Å². The third-order valence-electron chi connectivity index (χ3n) is 3.10. The Morgan fingerprint density at radius 1 is 1.35 bits per heavy atom. The molecule has 0 bridgehead atoms. The van der Waals surface area contributed by atoms with Crippen LogP contribution in [0.25, 0.3) is 0 Å². The molecule has 2 aromatic rings. The maximum absolute atomic E-state index is 13.9. The first-order valence-corrected chi connectivity index (χ1v) is 6.06. The molecule has 1 aromatic heterocycles. The zero-order chi connectivity index (χ0) is 14.1. The molecule has 0 aliphatic carbocycles. The topological polar surface area (TPSA) is 86.9 Å². The first-order chi connectivity index (χ1) is 9.63. The van der Waals surface area contributed by atoms with Crippen LogP contribution in [0.5, 0.6) is 0 Å². The molecule has 0 fully saturated rings. The van der Waals surface area contributed by atoms with E-state index in [1.54, 1.807) is 0 Å². The van der Waals surface area contributed by atoms with Gasteiger partial charge in [-0.15, -0.1) is 0 Å². The smallest absolute Gasteiger partial charge is 0.258 e. The number of carbonyl (C=O) groups excluding carboxylic acids is 2. The number of hydrogen-bond donors (Lipinski definition) is 3. The van der Waals surface area contributed by atoms with E-state index < -0.39 is 11.7 Å². The normalized spacial score (nSPS) is 13.6. The molecule has 0 spiro atoms. The summed E-state index contributed by atoms with van der Waals surface area (Å²) in [5.41, 5.74) is 1.58. The Kier molecular flexibility index (Phi) is 2.94. The fraction of sp³-hybridized carbons (Fsp3) is 0.154. The van der Waals surface area contributed by atoms with E-state index >= 15 is 0 Å². The number of halogens is 1. The molecule has 0 saturated carbocycles. The maximum Gasteiger partial charge on any atom is 0.258 e. The molecule has 0 atom stereocenters. The first kappa shape index (κ1) is 12.3. The molecule has 0 radical (unpaired) electrons. The first-order valence-electron chi connectivity index (χ1n) is 6.06. The lowest BCUT2D eigenvalue weighted by Crippen LogP contribution is -2.20. The van der Waals surface area contributed by atoms with Gasteiger partial charge in [0.15, 0.2) is 0 Å². The summed E-state index contributed by atoms with van der Waals surface area (Å²) >= 11 is 0. The molecule has 7 heteroatoms. The van der Waals surface area contributed by atoms with Crippen molar-refractivity contribution in [2.45, 2.75) is 12.8 Å². The molecule has 1 aliphatic rings. The summed E-state index contributed by atoms with van der Waals surface area (Å²) in [7, 11) is 0. The molecule has 6 nitrogen and oxygen atoms in total. The second-order valence-electron chi connectivity index (χ2n) is 4.48. The molecule has 1 aromatic carbocycles. The van der Waals surface area contributed by atoms with E-state index in [0.29, 0.717) is 24.1 Å². The Balaban J connectivity index is 1.88. The maximum atomic E-state index is 13.9. The molecule has 2 amide bonds. The molecular formula is C13H11FN4O2. The van der Waals surface area contributed by atoms with Gasteiger partial charge in [0.2, 0.25) is 5.91 Å². The van der Waals surface area contributed by atoms with E-state index in [4.69, 9.17) is 0 Å². The van der Waals surface area contributed by atoms with Gasteiger partial charge in [-0.25, -0.2) is 4.39 Å². The molecule has 0 unspecified atom stereocenters. The van der Waals surface area contributed by atoms with Crippen molar-refractivity contribution < 1.29 is 14.0 Å². The number of aromatic nitrogens is 2. The van der Waals surface area contributed by atoms with Crippen LogP contribution in [-0.2, 0) is 11.2 Å². The van der Waals surface area contributed by atoms with Crippen LogP contribution >= 0.6 is 0 Å². The molecule has 1 aliphatic heterocycles. The average molecular weight is 274 g/mol. The molecular weight excluding hydrogens is 263 g/mol.